The molecule has 1 aliphatic carbocycles. The fraction of sp³-hybridized carbons (Fsp3) is 0.909. The highest BCUT2D eigenvalue weighted by atomic mass is 32.2. The smallest absolute Gasteiger partial charge is 0.221 e. The molecule has 0 radical (unpaired) electrons. The van der Waals surface area contributed by atoms with Crippen LogP contribution in [0.2, 0.25) is 0 Å². The van der Waals surface area contributed by atoms with Crippen molar-refractivity contribution in [1.29, 1.82) is 0 Å². The Balaban J connectivity index is 2.48. The molecule has 1 aliphatic heterocycles. The van der Waals surface area contributed by atoms with Crippen LogP contribution in [0, 0.1) is 5.41 Å². The zero-order valence-corrected chi connectivity index (χ0v) is 10.9. The molecule has 1 amide bonds. The second-order valence-corrected chi connectivity index (χ2v) is 7.94. The monoisotopic (exact) mass is 245 g/mol. The van der Waals surface area contributed by atoms with Crippen molar-refractivity contribution in [2.75, 3.05) is 6.26 Å². The van der Waals surface area contributed by atoms with Gasteiger partial charge in [-0.05, 0) is 26.7 Å². The van der Waals surface area contributed by atoms with Gasteiger partial charge in [0.05, 0.1) is 5.25 Å². The molecule has 2 atom stereocenters. The summed E-state index contributed by atoms with van der Waals surface area (Å²) < 4.78 is 23.7. The fourth-order valence-corrected chi connectivity index (χ4v) is 5.52. The van der Waals surface area contributed by atoms with Gasteiger partial charge >= 0.3 is 0 Å². The zero-order valence-electron chi connectivity index (χ0n) is 10.0. The molecule has 2 fully saturated rings. The van der Waals surface area contributed by atoms with Crippen LogP contribution in [0.4, 0.5) is 0 Å². The van der Waals surface area contributed by atoms with Crippen LogP contribution in [-0.4, -0.2) is 31.4 Å². The molecule has 0 bridgehead atoms. The van der Waals surface area contributed by atoms with E-state index < -0.39 is 20.8 Å². The summed E-state index contributed by atoms with van der Waals surface area (Å²) in [6, 6.07) is 0. The SMILES string of the molecule is CC1(C)NC(=O)CC12CCCC2S(C)(=O)=O. The number of sulfone groups is 1. The average Bonchev–Trinajstić information content (AvgIpc) is 2.54. The predicted octanol–water partition coefficient (Wildman–Crippen LogP) is 0.868. The van der Waals surface area contributed by atoms with Crippen LogP contribution in [0.25, 0.3) is 0 Å². The van der Waals surface area contributed by atoms with E-state index in [1.54, 1.807) is 0 Å². The Hall–Kier alpha value is -0.580. The first-order chi connectivity index (χ1) is 7.19. The van der Waals surface area contributed by atoms with E-state index in [9.17, 15) is 13.2 Å². The summed E-state index contributed by atoms with van der Waals surface area (Å²) in [5.41, 5.74) is -0.800. The Bertz CT molecular complexity index is 427. The standard InChI is InChI=1S/C11H19NO3S/c1-10(2)11(7-9(13)12-10)6-4-5-8(11)16(3,14)15/h8H,4-7H2,1-3H3,(H,12,13). The number of hydrogen-bond acceptors (Lipinski definition) is 3. The van der Waals surface area contributed by atoms with Gasteiger partial charge in [-0.15, -0.1) is 0 Å². The molecular weight excluding hydrogens is 226 g/mol. The average molecular weight is 245 g/mol. The van der Waals surface area contributed by atoms with Gasteiger partial charge in [0.1, 0.15) is 0 Å². The van der Waals surface area contributed by atoms with Crippen molar-refractivity contribution < 1.29 is 13.2 Å². The van der Waals surface area contributed by atoms with Crippen molar-refractivity contribution in [3.05, 3.63) is 0 Å². The number of nitrogens with one attached hydrogen (secondary N) is 1. The van der Waals surface area contributed by atoms with Crippen LogP contribution < -0.4 is 5.32 Å². The number of rotatable bonds is 1. The van der Waals surface area contributed by atoms with E-state index in [4.69, 9.17) is 0 Å². The fourth-order valence-electron chi connectivity index (χ4n) is 3.61. The summed E-state index contributed by atoms with van der Waals surface area (Å²) in [5, 5.41) is 2.56. The summed E-state index contributed by atoms with van der Waals surface area (Å²) in [4.78, 5) is 11.6. The second-order valence-electron chi connectivity index (χ2n) is 5.72. The first-order valence-electron chi connectivity index (χ1n) is 5.69. The van der Waals surface area contributed by atoms with Crippen molar-refractivity contribution in [3.8, 4) is 0 Å². The number of amides is 1. The van der Waals surface area contributed by atoms with E-state index in [1.165, 1.54) is 6.26 Å². The molecule has 1 N–H and O–H groups in total. The van der Waals surface area contributed by atoms with Gasteiger partial charge in [-0.1, -0.05) is 6.42 Å². The molecule has 1 saturated carbocycles. The molecule has 2 aliphatic rings. The lowest BCUT2D eigenvalue weighted by Gasteiger charge is -2.41. The lowest BCUT2D eigenvalue weighted by molar-refractivity contribution is -0.119. The normalized spacial score (nSPS) is 37.9. The number of carbonyl (C=O) groups is 1. The highest BCUT2D eigenvalue weighted by Gasteiger charge is 2.61. The summed E-state index contributed by atoms with van der Waals surface area (Å²) in [7, 11) is -3.08. The molecular formula is C11H19NO3S. The van der Waals surface area contributed by atoms with E-state index in [2.05, 4.69) is 5.32 Å². The molecule has 0 aromatic heterocycles. The lowest BCUT2D eigenvalue weighted by Crippen LogP contribution is -2.52. The van der Waals surface area contributed by atoms with Crippen LogP contribution in [0.5, 0.6) is 0 Å². The molecule has 1 spiro atoms. The topological polar surface area (TPSA) is 63.2 Å². The van der Waals surface area contributed by atoms with Crippen molar-refractivity contribution in [2.45, 2.75) is 50.3 Å². The van der Waals surface area contributed by atoms with Gasteiger partial charge in [0, 0.05) is 23.6 Å². The zero-order chi connectivity index (χ0) is 12.2. The molecule has 0 aromatic rings. The van der Waals surface area contributed by atoms with E-state index in [-0.39, 0.29) is 11.2 Å². The van der Waals surface area contributed by atoms with Gasteiger partial charge < -0.3 is 5.32 Å². The minimum absolute atomic E-state index is 0.0134. The summed E-state index contributed by atoms with van der Waals surface area (Å²) in [6.07, 6.45) is 4.07. The molecule has 1 saturated heterocycles. The third kappa shape index (κ3) is 1.48. The third-order valence-corrected chi connectivity index (χ3v) is 6.12. The van der Waals surface area contributed by atoms with Crippen molar-refractivity contribution in [2.24, 2.45) is 5.41 Å². The van der Waals surface area contributed by atoms with E-state index in [1.807, 2.05) is 13.8 Å². The number of carbonyl (C=O) groups excluding carboxylic acids is 1. The Morgan fingerprint density at radius 3 is 2.44 bits per heavy atom. The van der Waals surface area contributed by atoms with Gasteiger partial charge in [-0.3, -0.25) is 4.79 Å². The molecule has 16 heavy (non-hydrogen) atoms. The minimum Gasteiger partial charge on any atom is -0.351 e. The van der Waals surface area contributed by atoms with Crippen LogP contribution >= 0.6 is 0 Å². The lowest BCUT2D eigenvalue weighted by atomic mass is 9.70. The van der Waals surface area contributed by atoms with Gasteiger partial charge in [0.2, 0.25) is 5.91 Å². The largest absolute Gasteiger partial charge is 0.351 e. The summed E-state index contributed by atoms with van der Waals surface area (Å²) >= 11 is 0. The maximum Gasteiger partial charge on any atom is 0.221 e. The molecule has 4 nitrogen and oxygen atoms in total. The van der Waals surface area contributed by atoms with Gasteiger partial charge in [-0.2, -0.15) is 0 Å². The molecule has 5 heteroatoms. The summed E-state index contributed by atoms with van der Waals surface area (Å²) in [6.45, 7) is 3.89. The van der Waals surface area contributed by atoms with Crippen molar-refractivity contribution in [3.63, 3.8) is 0 Å². The molecule has 0 aromatic carbocycles. The highest BCUT2D eigenvalue weighted by molar-refractivity contribution is 7.91. The first kappa shape index (κ1) is 11.9. The maximum absolute atomic E-state index is 11.9. The van der Waals surface area contributed by atoms with Crippen molar-refractivity contribution >= 4 is 15.7 Å². The first-order valence-corrected chi connectivity index (χ1v) is 7.64. The second kappa shape index (κ2) is 3.22. The predicted molar refractivity (Wildman–Crippen MR) is 61.8 cm³/mol. The molecule has 2 rings (SSSR count). The van der Waals surface area contributed by atoms with Gasteiger partial charge in [0.25, 0.3) is 0 Å². The van der Waals surface area contributed by atoms with Crippen molar-refractivity contribution in [1.82, 2.24) is 5.32 Å². The number of hydrogen-bond donors (Lipinski definition) is 1. The molecule has 1 heterocycles. The van der Waals surface area contributed by atoms with Gasteiger partial charge in [0.15, 0.2) is 9.84 Å². The highest BCUT2D eigenvalue weighted by Crippen LogP contribution is 2.54. The quantitative estimate of drug-likeness (QED) is 0.745. The molecule has 92 valence electrons. The molecule has 2 unspecified atom stereocenters. The maximum atomic E-state index is 11.9. The Kier molecular flexibility index (Phi) is 2.39. The Labute approximate surface area is 96.7 Å². The third-order valence-electron chi connectivity index (χ3n) is 4.40. The van der Waals surface area contributed by atoms with Crippen LogP contribution in [0.15, 0.2) is 0 Å². The Morgan fingerprint density at radius 2 is 2.00 bits per heavy atom. The van der Waals surface area contributed by atoms with E-state index >= 15 is 0 Å². The van der Waals surface area contributed by atoms with E-state index in [0.717, 1.165) is 12.8 Å². The van der Waals surface area contributed by atoms with Crippen LogP contribution in [0.3, 0.4) is 0 Å². The summed E-state index contributed by atoms with van der Waals surface area (Å²) in [5.74, 6) is -0.0134. The Morgan fingerprint density at radius 1 is 1.38 bits per heavy atom. The van der Waals surface area contributed by atoms with Gasteiger partial charge in [-0.25, -0.2) is 8.42 Å². The van der Waals surface area contributed by atoms with Crippen LogP contribution in [-0.2, 0) is 14.6 Å². The van der Waals surface area contributed by atoms with E-state index in [0.29, 0.717) is 12.8 Å². The van der Waals surface area contributed by atoms with Crippen LogP contribution in [0.1, 0.15) is 39.5 Å². The minimum atomic E-state index is -3.08.